The molecule has 1 aromatic carbocycles. The molecule has 0 atom stereocenters. The zero-order valence-electron chi connectivity index (χ0n) is 6.91. The van der Waals surface area contributed by atoms with E-state index in [2.05, 4.69) is 0 Å². The first-order chi connectivity index (χ1) is 6.43. The van der Waals surface area contributed by atoms with E-state index in [1.807, 2.05) is 0 Å². The van der Waals surface area contributed by atoms with E-state index in [0.29, 0.717) is 10.8 Å². The summed E-state index contributed by atoms with van der Waals surface area (Å²) in [6.07, 6.45) is 0. The maximum atomic E-state index is 11.4. The standard InChI is InChI=1S/C8H6O4S2/c9-13(10)5-6-14(11,12)8-4-2-1-3-7(8)13/h1-6H. The van der Waals surface area contributed by atoms with Crippen LogP contribution in [0.5, 0.6) is 0 Å². The van der Waals surface area contributed by atoms with Gasteiger partial charge in [0.1, 0.15) is 0 Å². The van der Waals surface area contributed by atoms with Crippen molar-refractivity contribution in [1.82, 2.24) is 0 Å². The van der Waals surface area contributed by atoms with Gasteiger partial charge in [0.25, 0.3) is 0 Å². The average molecular weight is 230 g/mol. The Balaban J connectivity index is 2.96. The van der Waals surface area contributed by atoms with Crippen LogP contribution in [0.4, 0.5) is 0 Å². The maximum absolute atomic E-state index is 11.4. The van der Waals surface area contributed by atoms with Crippen LogP contribution >= 0.6 is 0 Å². The Morgan fingerprint density at radius 3 is 1.43 bits per heavy atom. The summed E-state index contributed by atoms with van der Waals surface area (Å²) in [4.78, 5) is -0.301. The van der Waals surface area contributed by atoms with Crippen molar-refractivity contribution in [3.05, 3.63) is 35.1 Å². The Kier molecular flexibility index (Phi) is 1.80. The summed E-state index contributed by atoms with van der Waals surface area (Å²) < 4.78 is 45.6. The first kappa shape index (κ1) is 9.42. The van der Waals surface area contributed by atoms with Gasteiger partial charge in [-0.05, 0) is 12.1 Å². The van der Waals surface area contributed by atoms with Crippen LogP contribution in [-0.4, -0.2) is 16.8 Å². The first-order valence-corrected chi connectivity index (χ1v) is 6.80. The number of hydrogen-bond acceptors (Lipinski definition) is 4. The molecule has 0 aromatic heterocycles. The topological polar surface area (TPSA) is 68.3 Å². The lowest BCUT2D eigenvalue weighted by Gasteiger charge is -2.10. The van der Waals surface area contributed by atoms with Gasteiger partial charge in [-0.1, -0.05) is 12.1 Å². The van der Waals surface area contributed by atoms with E-state index in [4.69, 9.17) is 0 Å². The van der Waals surface area contributed by atoms with Gasteiger partial charge in [0.05, 0.1) is 9.79 Å². The minimum Gasteiger partial charge on any atom is -0.219 e. The average Bonchev–Trinajstić information content (AvgIpc) is 2.14. The first-order valence-electron chi connectivity index (χ1n) is 3.71. The molecule has 0 fully saturated rings. The lowest BCUT2D eigenvalue weighted by atomic mass is 10.4. The van der Waals surface area contributed by atoms with Crippen molar-refractivity contribution in [2.45, 2.75) is 9.79 Å². The second kappa shape index (κ2) is 2.68. The van der Waals surface area contributed by atoms with Crippen molar-refractivity contribution in [3.8, 4) is 0 Å². The fourth-order valence-electron chi connectivity index (χ4n) is 1.21. The number of hydrogen-bond donors (Lipinski definition) is 0. The minimum absolute atomic E-state index is 0.150. The summed E-state index contributed by atoms with van der Waals surface area (Å²) in [7, 11) is -7.15. The van der Waals surface area contributed by atoms with Crippen molar-refractivity contribution in [2.24, 2.45) is 0 Å². The molecule has 0 bridgehead atoms. The van der Waals surface area contributed by atoms with E-state index in [0.717, 1.165) is 0 Å². The van der Waals surface area contributed by atoms with Gasteiger partial charge in [0, 0.05) is 10.8 Å². The van der Waals surface area contributed by atoms with Crippen molar-refractivity contribution in [1.29, 1.82) is 0 Å². The van der Waals surface area contributed by atoms with Gasteiger partial charge in [-0.3, -0.25) is 0 Å². The third-order valence-electron chi connectivity index (χ3n) is 1.88. The normalized spacial score (nSPS) is 21.4. The van der Waals surface area contributed by atoms with Crippen molar-refractivity contribution < 1.29 is 16.8 Å². The summed E-state index contributed by atoms with van der Waals surface area (Å²) in [6, 6.07) is 5.55. The van der Waals surface area contributed by atoms with E-state index in [9.17, 15) is 16.8 Å². The SMILES string of the molecule is O=S1(=O)C=CS(=O)(=O)c2ccccc21. The number of sulfone groups is 2. The molecule has 1 heterocycles. The molecule has 74 valence electrons. The zero-order chi connectivity index (χ0) is 10.4. The number of benzene rings is 1. The van der Waals surface area contributed by atoms with Gasteiger partial charge < -0.3 is 0 Å². The fraction of sp³-hybridized carbons (Fsp3) is 0. The van der Waals surface area contributed by atoms with E-state index in [-0.39, 0.29) is 9.79 Å². The Hall–Kier alpha value is -1.14. The Morgan fingerprint density at radius 2 is 1.07 bits per heavy atom. The molecule has 0 unspecified atom stereocenters. The molecule has 0 aliphatic carbocycles. The van der Waals surface area contributed by atoms with Crippen LogP contribution in [0.1, 0.15) is 0 Å². The van der Waals surface area contributed by atoms with Gasteiger partial charge in [-0.25, -0.2) is 16.8 Å². The second-order valence-electron chi connectivity index (χ2n) is 2.81. The van der Waals surface area contributed by atoms with Gasteiger partial charge in [-0.2, -0.15) is 0 Å². The molecule has 1 aliphatic rings. The molecule has 2 rings (SSSR count). The summed E-state index contributed by atoms with van der Waals surface area (Å²) >= 11 is 0. The Bertz CT molecular complexity index is 553. The maximum Gasteiger partial charge on any atom is 0.201 e. The lowest BCUT2D eigenvalue weighted by Crippen LogP contribution is -2.11. The fourth-order valence-corrected chi connectivity index (χ4v) is 4.61. The van der Waals surface area contributed by atoms with Crippen LogP contribution in [0.15, 0.2) is 44.9 Å². The predicted molar refractivity (Wildman–Crippen MR) is 50.0 cm³/mol. The third kappa shape index (κ3) is 1.27. The number of fused-ring (bicyclic) bond motifs is 1. The van der Waals surface area contributed by atoms with Crippen molar-refractivity contribution >= 4 is 19.7 Å². The summed E-state index contributed by atoms with van der Waals surface area (Å²) in [6.45, 7) is 0. The zero-order valence-corrected chi connectivity index (χ0v) is 8.55. The Morgan fingerprint density at radius 1 is 0.714 bits per heavy atom. The predicted octanol–water partition coefficient (Wildman–Crippen LogP) is 0.719. The van der Waals surface area contributed by atoms with Crippen molar-refractivity contribution in [3.63, 3.8) is 0 Å². The Labute approximate surface area is 81.7 Å². The minimum atomic E-state index is -3.57. The highest BCUT2D eigenvalue weighted by Crippen LogP contribution is 2.28. The third-order valence-corrected chi connectivity index (χ3v) is 5.10. The lowest BCUT2D eigenvalue weighted by molar-refractivity contribution is 0.589. The molecule has 4 nitrogen and oxygen atoms in total. The van der Waals surface area contributed by atoms with E-state index in [1.54, 1.807) is 0 Å². The molecule has 0 saturated heterocycles. The monoisotopic (exact) mass is 230 g/mol. The molecule has 0 saturated carbocycles. The molecular weight excluding hydrogens is 224 g/mol. The molecule has 0 amide bonds. The summed E-state index contributed by atoms with van der Waals surface area (Å²) in [5, 5.41) is 1.43. The van der Waals surface area contributed by atoms with Crippen LogP contribution in [0.3, 0.4) is 0 Å². The molecule has 1 aliphatic heterocycles. The quantitative estimate of drug-likeness (QED) is 0.658. The molecule has 0 N–H and O–H groups in total. The smallest absolute Gasteiger partial charge is 0.201 e. The second-order valence-corrected chi connectivity index (χ2v) is 6.41. The highest BCUT2D eigenvalue weighted by atomic mass is 32.2. The van der Waals surface area contributed by atoms with E-state index >= 15 is 0 Å². The van der Waals surface area contributed by atoms with Gasteiger partial charge >= 0.3 is 0 Å². The van der Waals surface area contributed by atoms with Gasteiger partial charge in [-0.15, -0.1) is 0 Å². The largest absolute Gasteiger partial charge is 0.219 e. The summed E-state index contributed by atoms with van der Waals surface area (Å²) in [5.41, 5.74) is 0. The van der Waals surface area contributed by atoms with Crippen LogP contribution in [0.2, 0.25) is 0 Å². The van der Waals surface area contributed by atoms with E-state index < -0.39 is 19.7 Å². The van der Waals surface area contributed by atoms with Crippen LogP contribution in [0, 0.1) is 0 Å². The van der Waals surface area contributed by atoms with Crippen LogP contribution in [0.25, 0.3) is 0 Å². The van der Waals surface area contributed by atoms with E-state index in [1.165, 1.54) is 24.3 Å². The molecule has 6 heteroatoms. The highest BCUT2D eigenvalue weighted by molar-refractivity contribution is 8.00. The molecule has 0 radical (unpaired) electrons. The molecular formula is C8H6O4S2. The van der Waals surface area contributed by atoms with Crippen LogP contribution < -0.4 is 0 Å². The van der Waals surface area contributed by atoms with Crippen LogP contribution in [-0.2, 0) is 19.7 Å². The highest BCUT2D eigenvalue weighted by Gasteiger charge is 2.27. The van der Waals surface area contributed by atoms with Gasteiger partial charge in [0.2, 0.25) is 19.7 Å². The summed E-state index contributed by atoms with van der Waals surface area (Å²) in [5.74, 6) is 0. The molecule has 0 spiro atoms. The number of rotatable bonds is 0. The van der Waals surface area contributed by atoms with Crippen molar-refractivity contribution in [2.75, 3.05) is 0 Å². The van der Waals surface area contributed by atoms with Gasteiger partial charge in [0.15, 0.2) is 0 Å². The molecule has 1 aromatic rings. The molecule has 14 heavy (non-hydrogen) atoms.